The Morgan fingerprint density at radius 2 is 2.10 bits per heavy atom. The zero-order valence-electron chi connectivity index (χ0n) is 12.6. The van der Waals surface area contributed by atoms with E-state index in [0.29, 0.717) is 6.04 Å². The Balaban J connectivity index is 1.60. The van der Waals surface area contributed by atoms with Gasteiger partial charge in [0, 0.05) is 48.8 Å². The lowest BCUT2D eigenvalue weighted by Crippen LogP contribution is -2.44. The van der Waals surface area contributed by atoms with E-state index in [1.54, 1.807) is 7.11 Å². The lowest BCUT2D eigenvalue weighted by molar-refractivity contribution is 0.0183. The molecule has 21 heavy (non-hydrogen) atoms. The lowest BCUT2D eigenvalue weighted by Gasteiger charge is -2.32. The normalized spacial score (nSPS) is 24.4. The van der Waals surface area contributed by atoms with Crippen LogP contribution < -0.4 is 4.74 Å². The molecule has 3 rings (SSSR count). The summed E-state index contributed by atoms with van der Waals surface area (Å²) in [5, 5.41) is 0. The van der Waals surface area contributed by atoms with Crippen molar-refractivity contribution in [3.05, 3.63) is 28.2 Å². The summed E-state index contributed by atoms with van der Waals surface area (Å²) in [6, 6.07) is 6.92. The Morgan fingerprint density at radius 1 is 1.29 bits per heavy atom. The van der Waals surface area contributed by atoms with Crippen LogP contribution in [0.15, 0.2) is 22.7 Å². The molecule has 116 valence electrons. The van der Waals surface area contributed by atoms with Crippen LogP contribution in [0.25, 0.3) is 0 Å². The highest BCUT2D eigenvalue weighted by atomic mass is 79.9. The summed E-state index contributed by atoms with van der Waals surface area (Å²) in [4.78, 5) is 5.12. The van der Waals surface area contributed by atoms with E-state index >= 15 is 0 Å². The van der Waals surface area contributed by atoms with Crippen molar-refractivity contribution in [3.63, 3.8) is 0 Å². The molecule has 0 radical (unpaired) electrons. The average molecular weight is 355 g/mol. The Bertz CT molecular complexity index is 477. The van der Waals surface area contributed by atoms with Gasteiger partial charge < -0.3 is 9.47 Å². The fraction of sp³-hybridized carbons (Fsp3) is 0.625. The molecule has 0 aliphatic carbocycles. The molecule has 0 spiro atoms. The smallest absolute Gasteiger partial charge is 0.123 e. The molecule has 0 amide bonds. The number of ether oxygens (including phenoxy) is 2. The molecule has 5 heteroatoms. The van der Waals surface area contributed by atoms with E-state index in [4.69, 9.17) is 9.47 Å². The van der Waals surface area contributed by atoms with Crippen LogP contribution in [0.4, 0.5) is 0 Å². The van der Waals surface area contributed by atoms with Crippen LogP contribution in [0.3, 0.4) is 0 Å². The van der Waals surface area contributed by atoms with E-state index in [9.17, 15) is 0 Å². The molecule has 0 saturated carbocycles. The maximum atomic E-state index is 5.48. The third-order valence-corrected chi connectivity index (χ3v) is 4.94. The molecular formula is C16H23BrN2O2. The standard InChI is InChI=1S/C16H23BrN2O2/c1-20-16-3-2-14(17)10-13(16)11-18-5-4-15(12-18)19-6-8-21-9-7-19/h2-3,10,15H,4-9,11-12H2,1H3. The van der Waals surface area contributed by atoms with Crippen molar-refractivity contribution in [1.82, 2.24) is 9.80 Å². The SMILES string of the molecule is COc1ccc(Br)cc1CN1CCC(N2CCOCC2)C1. The van der Waals surface area contributed by atoms with Crippen molar-refractivity contribution in [3.8, 4) is 5.75 Å². The summed E-state index contributed by atoms with van der Waals surface area (Å²) in [5.41, 5.74) is 1.26. The molecule has 1 atom stereocenters. The number of rotatable bonds is 4. The van der Waals surface area contributed by atoms with Crippen LogP contribution in [0, 0.1) is 0 Å². The molecule has 0 N–H and O–H groups in total. The number of halogens is 1. The molecule has 4 nitrogen and oxygen atoms in total. The number of likely N-dealkylation sites (tertiary alicyclic amines) is 1. The van der Waals surface area contributed by atoms with Crippen LogP contribution in [0.2, 0.25) is 0 Å². The second kappa shape index (κ2) is 7.09. The summed E-state index contributed by atoms with van der Waals surface area (Å²) in [7, 11) is 1.74. The van der Waals surface area contributed by atoms with Crippen LogP contribution >= 0.6 is 15.9 Å². The Kier molecular flexibility index (Phi) is 5.16. The number of morpholine rings is 1. The number of hydrogen-bond donors (Lipinski definition) is 0. The monoisotopic (exact) mass is 354 g/mol. The number of nitrogens with zero attached hydrogens (tertiary/aromatic N) is 2. The van der Waals surface area contributed by atoms with E-state index in [2.05, 4.69) is 31.8 Å². The molecule has 0 aromatic heterocycles. The number of methoxy groups -OCH3 is 1. The molecule has 2 fully saturated rings. The van der Waals surface area contributed by atoms with Crippen molar-refractivity contribution in [2.75, 3.05) is 46.5 Å². The summed E-state index contributed by atoms with van der Waals surface area (Å²) in [6.45, 7) is 7.21. The van der Waals surface area contributed by atoms with E-state index < -0.39 is 0 Å². The predicted molar refractivity (Wildman–Crippen MR) is 86.8 cm³/mol. The highest BCUT2D eigenvalue weighted by molar-refractivity contribution is 9.10. The Hall–Kier alpha value is -0.620. The fourth-order valence-corrected chi connectivity index (χ4v) is 3.72. The van der Waals surface area contributed by atoms with Crippen LogP contribution in [-0.4, -0.2) is 62.3 Å². The third-order valence-electron chi connectivity index (χ3n) is 4.45. The van der Waals surface area contributed by atoms with Gasteiger partial charge in [0.2, 0.25) is 0 Å². The van der Waals surface area contributed by atoms with Crippen molar-refractivity contribution in [2.24, 2.45) is 0 Å². The highest BCUT2D eigenvalue weighted by Crippen LogP contribution is 2.26. The second-order valence-electron chi connectivity index (χ2n) is 5.78. The summed E-state index contributed by atoms with van der Waals surface area (Å²) in [5.74, 6) is 0.980. The quantitative estimate of drug-likeness (QED) is 0.828. The van der Waals surface area contributed by atoms with Crippen molar-refractivity contribution in [1.29, 1.82) is 0 Å². The highest BCUT2D eigenvalue weighted by Gasteiger charge is 2.28. The van der Waals surface area contributed by atoms with Gasteiger partial charge in [-0.2, -0.15) is 0 Å². The van der Waals surface area contributed by atoms with Crippen LogP contribution in [0.5, 0.6) is 5.75 Å². The van der Waals surface area contributed by atoms with E-state index in [0.717, 1.165) is 56.2 Å². The average Bonchev–Trinajstić information content (AvgIpc) is 2.97. The van der Waals surface area contributed by atoms with Gasteiger partial charge in [-0.3, -0.25) is 9.80 Å². The first-order valence-corrected chi connectivity index (χ1v) is 8.42. The van der Waals surface area contributed by atoms with Crippen LogP contribution in [0.1, 0.15) is 12.0 Å². The van der Waals surface area contributed by atoms with Crippen molar-refractivity contribution >= 4 is 15.9 Å². The van der Waals surface area contributed by atoms with Crippen molar-refractivity contribution in [2.45, 2.75) is 19.0 Å². The van der Waals surface area contributed by atoms with Gasteiger partial charge in [-0.1, -0.05) is 15.9 Å². The molecule has 2 saturated heterocycles. The first-order chi connectivity index (χ1) is 10.3. The minimum atomic E-state index is 0.687. The molecular weight excluding hydrogens is 332 g/mol. The zero-order valence-corrected chi connectivity index (χ0v) is 14.1. The maximum absolute atomic E-state index is 5.48. The lowest BCUT2D eigenvalue weighted by atomic mass is 10.2. The first-order valence-electron chi connectivity index (χ1n) is 7.63. The summed E-state index contributed by atoms with van der Waals surface area (Å²) >= 11 is 3.55. The van der Waals surface area contributed by atoms with Crippen LogP contribution in [-0.2, 0) is 11.3 Å². The van der Waals surface area contributed by atoms with Gasteiger partial charge in [0.25, 0.3) is 0 Å². The van der Waals surface area contributed by atoms with Gasteiger partial charge in [0.05, 0.1) is 20.3 Å². The first kappa shape index (κ1) is 15.3. The van der Waals surface area contributed by atoms with E-state index in [-0.39, 0.29) is 0 Å². The Morgan fingerprint density at radius 3 is 2.86 bits per heavy atom. The van der Waals surface area contributed by atoms with Gasteiger partial charge in [0.1, 0.15) is 5.75 Å². The molecule has 1 unspecified atom stereocenters. The molecule has 0 bridgehead atoms. The largest absolute Gasteiger partial charge is 0.496 e. The van der Waals surface area contributed by atoms with E-state index in [1.807, 2.05) is 12.1 Å². The van der Waals surface area contributed by atoms with Gasteiger partial charge in [-0.25, -0.2) is 0 Å². The second-order valence-corrected chi connectivity index (χ2v) is 6.70. The predicted octanol–water partition coefficient (Wildman–Crippen LogP) is 2.36. The third kappa shape index (κ3) is 3.77. The van der Waals surface area contributed by atoms with Gasteiger partial charge in [-0.05, 0) is 24.6 Å². The zero-order chi connectivity index (χ0) is 14.7. The number of benzene rings is 1. The molecule has 2 aliphatic rings. The van der Waals surface area contributed by atoms with Gasteiger partial charge >= 0.3 is 0 Å². The minimum absolute atomic E-state index is 0.687. The fourth-order valence-electron chi connectivity index (χ4n) is 3.31. The molecule has 1 aromatic carbocycles. The maximum Gasteiger partial charge on any atom is 0.123 e. The molecule has 2 heterocycles. The molecule has 1 aromatic rings. The minimum Gasteiger partial charge on any atom is -0.496 e. The Labute approximate surface area is 135 Å². The topological polar surface area (TPSA) is 24.9 Å². The van der Waals surface area contributed by atoms with Crippen molar-refractivity contribution < 1.29 is 9.47 Å². The van der Waals surface area contributed by atoms with Gasteiger partial charge in [0.15, 0.2) is 0 Å². The number of hydrogen-bond acceptors (Lipinski definition) is 4. The summed E-state index contributed by atoms with van der Waals surface area (Å²) < 4.78 is 12.0. The van der Waals surface area contributed by atoms with Gasteiger partial charge in [-0.15, -0.1) is 0 Å². The van der Waals surface area contributed by atoms with E-state index in [1.165, 1.54) is 12.0 Å². The summed E-state index contributed by atoms with van der Waals surface area (Å²) in [6.07, 6.45) is 1.26. The molecule has 2 aliphatic heterocycles.